The highest BCUT2D eigenvalue weighted by Crippen LogP contribution is 2.69. The summed E-state index contributed by atoms with van der Waals surface area (Å²) in [5, 5.41) is 15.2. The van der Waals surface area contributed by atoms with Gasteiger partial charge < -0.3 is 14.6 Å². The van der Waals surface area contributed by atoms with Gasteiger partial charge in [-0.2, -0.15) is 5.10 Å². The molecular formula is C28H44N2O4. The molecule has 0 saturated heterocycles. The molecule has 1 aromatic heterocycles. The van der Waals surface area contributed by atoms with E-state index in [1.165, 1.54) is 25.7 Å². The van der Waals surface area contributed by atoms with Gasteiger partial charge in [-0.3, -0.25) is 9.48 Å². The molecule has 1 heterocycles. The highest BCUT2D eigenvalue weighted by Gasteiger charge is 2.62. The predicted molar refractivity (Wildman–Crippen MR) is 130 cm³/mol. The number of ketones is 1. The number of hydrogen-bond acceptors (Lipinski definition) is 5. The molecule has 4 aliphatic rings. The van der Waals surface area contributed by atoms with Crippen LogP contribution in [0.4, 0.5) is 0 Å². The van der Waals surface area contributed by atoms with Gasteiger partial charge in [0.05, 0.1) is 31.6 Å². The molecule has 0 radical (unpaired) electrons. The van der Waals surface area contributed by atoms with Crippen molar-refractivity contribution in [2.45, 2.75) is 90.2 Å². The van der Waals surface area contributed by atoms with E-state index in [-0.39, 0.29) is 11.3 Å². The van der Waals surface area contributed by atoms with Crippen LogP contribution >= 0.6 is 0 Å². The zero-order valence-electron chi connectivity index (χ0n) is 21.6. The summed E-state index contributed by atoms with van der Waals surface area (Å²) in [6, 6.07) is 0. The van der Waals surface area contributed by atoms with Crippen molar-refractivity contribution in [3.05, 3.63) is 12.4 Å². The Hall–Kier alpha value is -1.40. The monoisotopic (exact) mass is 472 g/mol. The van der Waals surface area contributed by atoms with Crippen LogP contribution in [0.1, 0.15) is 78.1 Å². The average Bonchev–Trinajstić information content (AvgIpc) is 3.40. The largest absolute Gasteiger partial charge is 0.493 e. The number of methoxy groups -OCH3 is 2. The van der Waals surface area contributed by atoms with Gasteiger partial charge in [0.1, 0.15) is 0 Å². The van der Waals surface area contributed by atoms with Gasteiger partial charge in [0.25, 0.3) is 0 Å². The maximum absolute atomic E-state index is 13.5. The summed E-state index contributed by atoms with van der Waals surface area (Å²) in [6.45, 7) is 5.63. The number of aliphatic hydroxyl groups is 1. The Labute approximate surface area is 204 Å². The van der Waals surface area contributed by atoms with Crippen molar-refractivity contribution in [2.24, 2.45) is 40.4 Å². The van der Waals surface area contributed by atoms with Crippen LogP contribution in [-0.2, 0) is 16.1 Å². The Morgan fingerprint density at radius 2 is 1.94 bits per heavy atom. The topological polar surface area (TPSA) is 73.6 Å². The average molecular weight is 473 g/mol. The second-order valence-electron chi connectivity index (χ2n) is 12.5. The van der Waals surface area contributed by atoms with Gasteiger partial charge >= 0.3 is 0 Å². The van der Waals surface area contributed by atoms with Gasteiger partial charge in [-0.05, 0) is 106 Å². The number of rotatable bonds is 7. The Morgan fingerprint density at radius 1 is 1.12 bits per heavy atom. The van der Waals surface area contributed by atoms with E-state index in [0.717, 1.165) is 45.1 Å². The van der Waals surface area contributed by atoms with Crippen molar-refractivity contribution < 1.29 is 19.4 Å². The minimum atomic E-state index is -0.517. The molecule has 190 valence electrons. The second-order valence-corrected chi connectivity index (χ2v) is 12.5. The third-order valence-corrected chi connectivity index (χ3v) is 11.0. The number of carbonyl (C=O) groups is 1. The van der Waals surface area contributed by atoms with Crippen molar-refractivity contribution in [1.82, 2.24) is 9.78 Å². The van der Waals surface area contributed by atoms with E-state index in [0.29, 0.717) is 47.2 Å². The Morgan fingerprint density at radius 3 is 2.68 bits per heavy atom. The molecule has 1 aromatic rings. The smallest absolute Gasteiger partial charge is 0.157 e. The normalized spacial score (nSPS) is 43.6. The van der Waals surface area contributed by atoms with E-state index in [1.54, 1.807) is 18.0 Å². The molecule has 4 saturated carbocycles. The number of Topliss-reactive ketones (excluding diaryl/α,β-unsaturated/α-hetero) is 1. The number of hydrogen-bond donors (Lipinski definition) is 1. The fraction of sp³-hybridized carbons (Fsp3) is 0.857. The SMILES string of the molecule is COCC[C@]12CC[C@@](C)(O)C[C@@H]1CC[C@H]1[C@@H]3CC[C@H](C(=O)Cn4cc(OC)cn4)[C@@]3(C)CC[C@@H]12. The molecular weight excluding hydrogens is 428 g/mol. The van der Waals surface area contributed by atoms with Crippen molar-refractivity contribution in [3.8, 4) is 5.75 Å². The van der Waals surface area contributed by atoms with E-state index in [4.69, 9.17) is 9.47 Å². The lowest BCUT2D eigenvalue weighted by Gasteiger charge is -2.63. The summed E-state index contributed by atoms with van der Waals surface area (Å²) in [5.74, 6) is 3.82. The molecule has 4 fully saturated rings. The van der Waals surface area contributed by atoms with Gasteiger partial charge in [-0.1, -0.05) is 6.92 Å². The molecule has 4 aliphatic carbocycles. The van der Waals surface area contributed by atoms with Gasteiger partial charge in [-0.25, -0.2) is 0 Å². The van der Waals surface area contributed by atoms with Crippen molar-refractivity contribution in [2.75, 3.05) is 20.8 Å². The number of nitrogens with zero attached hydrogens (tertiary/aromatic N) is 2. The van der Waals surface area contributed by atoms with Crippen LogP contribution in [0, 0.1) is 40.4 Å². The van der Waals surface area contributed by atoms with E-state index >= 15 is 0 Å². The molecule has 5 rings (SSSR count). The summed E-state index contributed by atoms with van der Waals surface area (Å²) < 4.78 is 12.6. The molecule has 0 bridgehead atoms. The number of aromatic nitrogens is 2. The van der Waals surface area contributed by atoms with Crippen LogP contribution in [0.5, 0.6) is 5.75 Å². The summed E-state index contributed by atoms with van der Waals surface area (Å²) >= 11 is 0. The standard InChI is InChI=1S/C28H44N2O4/c1-26(32)11-12-28(13-14-33-3)19(15-26)5-6-21-22-7-8-24(27(22,2)10-9-23(21)28)25(31)18-30-17-20(34-4)16-29-30/h16-17,19,21-24,32H,5-15,18H2,1-4H3/t19-,21-,22-,23-,24+,26+,27-,28+/m0/s1. The minimum Gasteiger partial charge on any atom is -0.493 e. The van der Waals surface area contributed by atoms with Crippen molar-refractivity contribution in [3.63, 3.8) is 0 Å². The van der Waals surface area contributed by atoms with Crippen LogP contribution < -0.4 is 4.74 Å². The summed E-state index contributed by atoms with van der Waals surface area (Å²) in [6.07, 6.45) is 14.7. The molecule has 6 nitrogen and oxygen atoms in total. The quantitative estimate of drug-likeness (QED) is 0.612. The van der Waals surface area contributed by atoms with E-state index in [1.807, 2.05) is 20.2 Å². The maximum Gasteiger partial charge on any atom is 0.157 e. The zero-order chi connectivity index (χ0) is 24.1. The second kappa shape index (κ2) is 8.92. The molecule has 1 N–H and O–H groups in total. The third kappa shape index (κ3) is 3.93. The third-order valence-electron chi connectivity index (χ3n) is 11.0. The number of fused-ring (bicyclic) bond motifs is 5. The lowest BCUT2D eigenvalue weighted by Crippen LogP contribution is -2.57. The molecule has 0 aromatic carbocycles. The van der Waals surface area contributed by atoms with Gasteiger partial charge in [-0.15, -0.1) is 0 Å². The fourth-order valence-corrected chi connectivity index (χ4v) is 9.36. The van der Waals surface area contributed by atoms with E-state index in [9.17, 15) is 9.90 Å². The first-order valence-corrected chi connectivity index (χ1v) is 13.5. The maximum atomic E-state index is 13.5. The van der Waals surface area contributed by atoms with E-state index < -0.39 is 5.60 Å². The lowest BCUT2D eigenvalue weighted by molar-refractivity contribution is -0.163. The Bertz CT molecular complexity index is 897. The minimum absolute atomic E-state index is 0.102. The number of ether oxygens (including phenoxy) is 2. The van der Waals surface area contributed by atoms with Crippen LogP contribution in [0.2, 0.25) is 0 Å². The first-order chi connectivity index (χ1) is 16.2. The highest BCUT2D eigenvalue weighted by atomic mass is 16.5. The first-order valence-electron chi connectivity index (χ1n) is 13.5. The fourth-order valence-electron chi connectivity index (χ4n) is 9.36. The lowest BCUT2D eigenvalue weighted by atomic mass is 9.42. The number of carbonyl (C=O) groups excluding carboxylic acids is 1. The Kier molecular flexibility index (Phi) is 6.37. The molecule has 6 heteroatoms. The van der Waals surface area contributed by atoms with Crippen LogP contribution in [0.25, 0.3) is 0 Å². The van der Waals surface area contributed by atoms with Gasteiger partial charge in [0.15, 0.2) is 11.5 Å². The van der Waals surface area contributed by atoms with Crippen LogP contribution in [-0.4, -0.2) is 47.1 Å². The van der Waals surface area contributed by atoms with Gasteiger partial charge in [0.2, 0.25) is 0 Å². The molecule has 0 aliphatic heterocycles. The summed E-state index contributed by atoms with van der Waals surface area (Å²) in [7, 11) is 3.46. The first kappa shape index (κ1) is 24.3. The van der Waals surface area contributed by atoms with Crippen LogP contribution in [0.15, 0.2) is 12.4 Å². The molecule has 0 unspecified atom stereocenters. The van der Waals surface area contributed by atoms with Crippen molar-refractivity contribution in [1.29, 1.82) is 0 Å². The van der Waals surface area contributed by atoms with E-state index in [2.05, 4.69) is 12.0 Å². The summed E-state index contributed by atoms with van der Waals surface area (Å²) in [4.78, 5) is 13.5. The molecule has 34 heavy (non-hydrogen) atoms. The molecule has 0 spiro atoms. The van der Waals surface area contributed by atoms with Crippen molar-refractivity contribution >= 4 is 5.78 Å². The zero-order valence-corrected chi connectivity index (χ0v) is 21.6. The van der Waals surface area contributed by atoms with Gasteiger partial charge in [0, 0.05) is 19.6 Å². The predicted octanol–water partition coefficient (Wildman–Crippen LogP) is 4.89. The van der Waals surface area contributed by atoms with Crippen LogP contribution in [0.3, 0.4) is 0 Å². The molecule has 8 atom stereocenters. The summed E-state index contributed by atoms with van der Waals surface area (Å²) in [5.41, 5.74) is -0.113. The highest BCUT2D eigenvalue weighted by molar-refractivity contribution is 5.82. The Balaban J connectivity index is 1.36. The molecule has 0 amide bonds.